The number of anilines is 1. The first-order valence-corrected chi connectivity index (χ1v) is 7.28. The van der Waals surface area contributed by atoms with Gasteiger partial charge in [0.05, 0.1) is 12.4 Å². The second kappa shape index (κ2) is 6.54. The summed E-state index contributed by atoms with van der Waals surface area (Å²) < 4.78 is 5.79. The number of nitrogens with zero attached hydrogens (tertiary/aromatic N) is 3. The predicted octanol–water partition coefficient (Wildman–Crippen LogP) is 1.77. The van der Waals surface area contributed by atoms with E-state index in [1.54, 1.807) is 12.4 Å². The van der Waals surface area contributed by atoms with Crippen molar-refractivity contribution in [1.82, 2.24) is 15.3 Å². The topological polar surface area (TPSA) is 50.3 Å². The molecule has 0 radical (unpaired) electrons. The molecule has 0 bridgehead atoms. The van der Waals surface area contributed by atoms with Gasteiger partial charge < -0.3 is 15.0 Å². The molecule has 1 saturated heterocycles. The third-order valence-electron chi connectivity index (χ3n) is 3.68. The molecule has 0 spiro atoms. The quantitative estimate of drug-likeness (QED) is 0.927. The van der Waals surface area contributed by atoms with Crippen LogP contribution in [0.1, 0.15) is 11.1 Å². The van der Waals surface area contributed by atoms with Gasteiger partial charge in [0.2, 0.25) is 5.88 Å². The normalized spacial score (nSPS) is 15.0. The molecule has 1 aromatic heterocycles. The van der Waals surface area contributed by atoms with Crippen LogP contribution in [0.25, 0.3) is 0 Å². The third kappa shape index (κ3) is 3.49. The molecule has 1 fully saturated rings. The molecule has 5 nitrogen and oxygen atoms in total. The molecule has 1 aliphatic heterocycles. The lowest BCUT2D eigenvalue weighted by molar-refractivity contribution is 0.291. The standard InChI is InChI=1S/C16H20N4O/c1-13-4-2-3-5-14(13)12-21-16-11-18-10-15(19-16)20-8-6-17-7-9-20/h2-5,10-11,17H,6-9,12H2,1H3. The summed E-state index contributed by atoms with van der Waals surface area (Å²) in [6.07, 6.45) is 3.47. The maximum atomic E-state index is 5.79. The van der Waals surface area contributed by atoms with Crippen molar-refractivity contribution in [3.63, 3.8) is 0 Å². The van der Waals surface area contributed by atoms with Crippen LogP contribution in [0.15, 0.2) is 36.7 Å². The molecule has 1 aromatic carbocycles. The number of aryl methyl sites for hydroxylation is 1. The van der Waals surface area contributed by atoms with Crippen LogP contribution in [0.2, 0.25) is 0 Å². The zero-order valence-corrected chi connectivity index (χ0v) is 12.2. The average molecular weight is 284 g/mol. The Morgan fingerprint density at radius 1 is 1.19 bits per heavy atom. The monoisotopic (exact) mass is 284 g/mol. The lowest BCUT2D eigenvalue weighted by Crippen LogP contribution is -2.43. The van der Waals surface area contributed by atoms with Crippen LogP contribution >= 0.6 is 0 Å². The molecule has 110 valence electrons. The molecular weight excluding hydrogens is 264 g/mol. The van der Waals surface area contributed by atoms with Gasteiger partial charge in [-0.3, -0.25) is 4.98 Å². The molecule has 2 aromatic rings. The highest BCUT2D eigenvalue weighted by Crippen LogP contribution is 2.16. The Balaban J connectivity index is 1.67. The smallest absolute Gasteiger partial charge is 0.234 e. The second-order valence-corrected chi connectivity index (χ2v) is 5.17. The number of hydrogen-bond acceptors (Lipinski definition) is 5. The zero-order chi connectivity index (χ0) is 14.5. The molecule has 5 heteroatoms. The number of ether oxygens (including phenoxy) is 1. The van der Waals surface area contributed by atoms with Crippen molar-refractivity contribution in [3.05, 3.63) is 47.8 Å². The van der Waals surface area contributed by atoms with E-state index in [1.807, 2.05) is 12.1 Å². The van der Waals surface area contributed by atoms with Crippen LogP contribution in [-0.2, 0) is 6.61 Å². The van der Waals surface area contributed by atoms with E-state index >= 15 is 0 Å². The van der Waals surface area contributed by atoms with E-state index in [0.717, 1.165) is 32.0 Å². The fourth-order valence-corrected chi connectivity index (χ4v) is 2.38. The van der Waals surface area contributed by atoms with E-state index in [1.165, 1.54) is 11.1 Å². The lowest BCUT2D eigenvalue weighted by Gasteiger charge is -2.28. The van der Waals surface area contributed by atoms with Crippen LogP contribution in [0.3, 0.4) is 0 Å². The summed E-state index contributed by atoms with van der Waals surface area (Å²) in [5.74, 6) is 1.47. The first-order valence-electron chi connectivity index (χ1n) is 7.28. The summed E-state index contributed by atoms with van der Waals surface area (Å²) in [6, 6.07) is 8.21. The van der Waals surface area contributed by atoms with Gasteiger partial charge in [0.15, 0.2) is 5.82 Å². The highest BCUT2D eigenvalue weighted by molar-refractivity contribution is 5.38. The van der Waals surface area contributed by atoms with Gasteiger partial charge in [0.25, 0.3) is 0 Å². The summed E-state index contributed by atoms with van der Waals surface area (Å²) in [6.45, 7) is 6.48. The van der Waals surface area contributed by atoms with Gasteiger partial charge in [-0.1, -0.05) is 24.3 Å². The Morgan fingerprint density at radius 2 is 2.00 bits per heavy atom. The maximum absolute atomic E-state index is 5.79. The molecule has 3 rings (SSSR count). The SMILES string of the molecule is Cc1ccccc1COc1cncc(N2CCNCC2)n1. The van der Waals surface area contributed by atoms with Crippen LogP contribution in [-0.4, -0.2) is 36.1 Å². The minimum Gasteiger partial charge on any atom is -0.472 e. The molecule has 2 heterocycles. The van der Waals surface area contributed by atoms with Crippen molar-refractivity contribution in [3.8, 4) is 5.88 Å². The molecule has 0 saturated carbocycles. The highest BCUT2D eigenvalue weighted by atomic mass is 16.5. The van der Waals surface area contributed by atoms with Gasteiger partial charge in [0.1, 0.15) is 6.61 Å². The number of rotatable bonds is 4. The number of piperazine rings is 1. The Labute approximate surface area is 125 Å². The fraction of sp³-hybridized carbons (Fsp3) is 0.375. The molecule has 0 amide bonds. The van der Waals surface area contributed by atoms with Crippen molar-refractivity contribution < 1.29 is 4.74 Å². The summed E-state index contributed by atoms with van der Waals surface area (Å²) in [5.41, 5.74) is 2.40. The Morgan fingerprint density at radius 3 is 2.81 bits per heavy atom. The van der Waals surface area contributed by atoms with Gasteiger partial charge in [-0.05, 0) is 18.1 Å². The molecule has 1 N–H and O–H groups in total. The first-order chi connectivity index (χ1) is 10.3. The van der Waals surface area contributed by atoms with Crippen LogP contribution in [0.4, 0.5) is 5.82 Å². The Hall–Kier alpha value is -2.14. The van der Waals surface area contributed by atoms with Gasteiger partial charge in [-0.2, -0.15) is 4.98 Å². The molecular formula is C16H20N4O. The highest BCUT2D eigenvalue weighted by Gasteiger charge is 2.12. The second-order valence-electron chi connectivity index (χ2n) is 5.17. The molecule has 0 aliphatic carbocycles. The van der Waals surface area contributed by atoms with Crippen molar-refractivity contribution in [2.75, 3.05) is 31.1 Å². The summed E-state index contributed by atoms with van der Waals surface area (Å²) in [4.78, 5) is 11.0. The summed E-state index contributed by atoms with van der Waals surface area (Å²) in [7, 11) is 0. The first kappa shape index (κ1) is 13.8. The van der Waals surface area contributed by atoms with Gasteiger partial charge in [0, 0.05) is 26.2 Å². The van der Waals surface area contributed by atoms with Gasteiger partial charge in [-0.15, -0.1) is 0 Å². The number of hydrogen-bond donors (Lipinski definition) is 1. The number of benzene rings is 1. The van der Waals surface area contributed by atoms with Crippen molar-refractivity contribution in [2.24, 2.45) is 0 Å². The van der Waals surface area contributed by atoms with E-state index in [2.05, 4.69) is 39.2 Å². The maximum Gasteiger partial charge on any atom is 0.234 e. The predicted molar refractivity (Wildman–Crippen MR) is 82.6 cm³/mol. The van der Waals surface area contributed by atoms with E-state index in [0.29, 0.717) is 12.5 Å². The number of nitrogens with one attached hydrogen (secondary N) is 1. The molecule has 0 atom stereocenters. The van der Waals surface area contributed by atoms with Crippen LogP contribution in [0.5, 0.6) is 5.88 Å². The minimum atomic E-state index is 0.520. The van der Waals surface area contributed by atoms with Crippen LogP contribution < -0.4 is 15.0 Å². The zero-order valence-electron chi connectivity index (χ0n) is 12.2. The number of aromatic nitrogens is 2. The van der Waals surface area contributed by atoms with E-state index < -0.39 is 0 Å². The lowest BCUT2D eigenvalue weighted by atomic mass is 10.1. The Kier molecular flexibility index (Phi) is 4.31. The van der Waals surface area contributed by atoms with Crippen LogP contribution in [0, 0.1) is 6.92 Å². The van der Waals surface area contributed by atoms with Gasteiger partial charge >= 0.3 is 0 Å². The molecule has 1 aliphatic rings. The fourth-order valence-electron chi connectivity index (χ4n) is 2.38. The van der Waals surface area contributed by atoms with E-state index in [4.69, 9.17) is 4.74 Å². The third-order valence-corrected chi connectivity index (χ3v) is 3.68. The summed E-state index contributed by atoms with van der Waals surface area (Å²) >= 11 is 0. The van der Waals surface area contributed by atoms with E-state index in [9.17, 15) is 0 Å². The largest absolute Gasteiger partial charge is 0.472 e. The van der Waals surface area contributed by atoms with Crippen molar-refractivity contribution in [2.45, 2.75) is 13.5 Å². The van der Waals surface area contributed by atoms with Gasteiger partial charge in [-0.25, -0.2) is 0 Å². The molecule has 21 heavy (non-hydrogen) atoms. The average Bonchev–Trinajstić information content (AvgIpc) is 2.55. The summed E-state index contributed by atoms with van der Waals surface area (Å²) in [5, 5.41) is 3.33. The van der Waals surface area contributed by atoms with E-state index in [-0.39, 0.29) is 0 Å². The van der Waals surface area contributed by atoms with Crippen molar-refractivity contribution in [1.29, 1.82) is 0 Å². The minimum absolute atomic E-state index is 0.520. The van der Waals surface area contributed by atoms with Crippen molar-refractivity contribution >= 4 is 5.82 Å². The Bertz CT molecular complexity index is 596. The molecule has 0 unspecified atom stereocenters.